The molecule has 0 aromatic heterocycles. The van der Waals surface area contributed by atoms with Crippen molar-refractivity contribution in [2.75, 3.05) is 31.5 Å². The Hall–Kier alpha value is -2.22. The molecule has 2 N–H and O–H groups in total. The van der Waals surface area contributed by atoms with Gasteiger partial charge in [-0.2, -0.15) is 0 Å². The van der Waals surface area contributed by atoms with Crippen molar-refractivity contribution >= 4 is 47.5 Å². The monoisotopic (exact) mass is 496 g/mol. The first-order valence-electron chi connectivity index (χ1n) is 11.9. The molecule has 1 spiro atoms. The molecule has 34 heavy (non-hydrogen) atoms. The lowest BCUT2D eigenvalue weighted by atomic mass is 9.65. The second-order valence-corrected chi connectivity index (χ2v) is 10.3. The van der Waals surface area contributed by atoms with E-state index in [0.29, 0.717) is 28.9 Å². The zero-order valence-corrected chi connectivity index (χ0v) is 21.3. The van der Waals surface area contributed by atoms with Crippen LogP contribution in [0, 0.1) is 11.3 Å². The smallest absolute Gasteiger partial charge is 0.174 e. The van der Waals surface area contributed by atoms with Gasteiger partial charge in [0, 0.05) is 24.2 Å². The first-order valence-corrected chi connectivity index (χ1v) is 13.4. The summed E-state index contributed by atoms with van der Waals surface area (Å²) in [5, 5.41) is 0. The van der Waals surface area contributed by atoms with Crippen LogP contribution >= 0.6 is 23.4 Å². The van der Waals surface area contributed by atoms with Crippen LogP contribution in [-0.2, 0) is 0 Å². The van der Waals surface area contributed by atoms with E-state index in [1.807, 2.05) is 25.3 Å². The average molecular weight is 497 g/mol. The quantitative estimate of drug-likeness (QED) is 0.409. The number of aliphatic imine (C=N–C) groups is 4. The number of thioether (sulfide) groups is 1. The summed E-state index contributed by atoms with van der Waals surface area (Å²) in [4.78, 5) is 21.5. The molecule has 1 saturated heterocycles. The van der Waals surface area contributed by atoms with Crippen molar-refractivity contribution < 1.29 is 0 Å². The van der Waals surface area contributed by atoms with Crippen molar-refractivity contribution in [1.29, 1.82) is 0 Å². The van der Waals surface area contributed by atoms with Crippen LogP contribution in [0.15, 0.2) is 78.7 Å². The zero-order chi connectivity index (χ0) is 23.8. The lowest BCUT2D eigenvalue weighted by Crippen LogP contribution is -2.45. The molecule has 0 amide bonds. The number of halogens is 1. The van der Waals surface area contributed by atoms with E-state index < -0.39 is 0 Å². The van der Waals surface area contributed by atoms with Crippen LogP contribution in [0.3, 0.4) is 0 Å². The van der Waals surface area contributed by atoms with Gasteiger partial charge in [0.1, 0.15) is 11.5 Å². The van der Waals surface area contributed by atoms with Gasteiger partial charge in [0.25, 0.3) is 0 Å². The Morgan fingerprint density at radius 1 is 1.35 bits per heavy atom. The Morgan fingerprint density at radius 3 is 2.97 bits per heavy atom. The van der Waals surface area contributed by atoms with E-state index in [2.05, 4.69) is 50.3 Å². The number of likely N-dealkylation sites (tertiary alicyclic amines) is 1. The van der Waals surface area contributed by atoms with Crippen LogP contribution in [0.5, 0.6) is 0 Å². The molecule has 2 bridgehead atoms. The largest absolute Gasteiger partial charge is 0.355 e. The molecule has 8 heteroatoms. The molecule has 2 aliphatic heterocycles. The number of amidine groups is 2. The highest BCUT2D eigenvalue weighted by Gasteiger charge is 2.39. The van der Waals surface area contributed by atoms with Crippen LogP contribution < -0.4 is 5.73 Å². The average Bonchev–Trinajstić information content (AvgIpc) is 3.03. The summed E-state index contributed by atoms with van der Waals surface area (Å²) in [6, 6.07) is 0. The highest BCUT2D eigenvalue weighted by molar-refractivity contribution is 8.03. The Kier molecular flexibility index (Phi) is 8.75. The third-order valence-corrected chi connectivity index (χ3v) is 8.07. The van der Waals surface area contributed by atoms with E-state index in [-0.39, 0.29) is 6.67 Å². The lowest BCUT2D eigenvalue weighted by molar-refractivity contribution is 0.121. The summed E-state index contributed by atoms with van der Waals surface area (Å²) in [7, 11) is 0. The van der Waals surface area contributed by atoms with Gasteiger partial charge in [0.2, 0.25) is 0 Å². The normalized spacial score (nSPS) is 26.5. The van der Waals surface area contributed by atoms with Gasteiger partial charge in [-0.05, 0) is 50.0 Å². The molecule has 1 atom stereocenters. The summed E-state index contributed by atoms with van der Waals surface area (Å²) in [6.45, 7) is 4.29. The SMILES string of the molecule is C/C=C1/N=C(N2CCC3(CC2)CC2=CC(C=CC=C2)C3)C=NC1=NCS/C(=C/C=NCN)CCl. The number of rotatable bonds is 6. The number of nitrogens with two attached hydrogens (primary N) is 1. The zero-order valence-electron chi connectivity index (χ0n) is 19.7. The minimum absolute atomic E-state index is 0.268. The van der Waals surface area contributed by atoms with Gasteiger partial charge in [0.15, 0.2) is 5.84 Å². The molecule has 6 nitrogen and oxygen atoms in total. The van der Waals surface area contributed by atoms with Crippen molar-refractivity contribution in [2.45, 2.75) is 32.6 Å². The highest BCUT2D eigenvalue weighted by atomic mass is 35.5. The fraction of sp³-hybridized carbons (Fsp3) is 0.462. The molecule has 1 unspecified atom stereocenters. The van der Waals surface area contributed by atoms with Crippen LogP contribution in [0.2, 0.25) is 0 Å². The molecule has 4 rings (SSSR count). The van der Waals surface area contributed by atoms with Gasteiger partial charge < -0.3 is 10.6 Å². The molecule has 2 heterocycles. The van der Waals surface area contributed by atoms with E-state index in [1.54, 1.807) is 18.0 Å². The van der Waals surface area contributed by atoms with Crippen LogP contribution in [0.1, 0.15) is 32.6 Å². The van der Waals surface area contributed by atoms with E-state index in [9.17, 15) is 0 Å². The molecular formula is C26H33ClN6S. The number of piperidine rings is 1. The molecule has 0 radical (unpaired) electrons. The van der Waals surface area contributed by atoms with Gasteiger partial charge in [-0.3, -0.25) is 9.98 Å². The Balaban J connectivity index is 1.35. The van der Waals surface area contributed by atoms with E-state index in [0.717, 1.165) is 29.5 Å². The van der Waals surface area contributed by atoms with Crippen molar-refractivity contribution in [3.05, 3.63) is 58.7 Å². The summed E-state index contributed by atoms with van der Waals surface area (Å²) in [6.07, 6.45) is 23.7. The summed E-state index contributed by atoms with van der Waals surface area (Å²) in [5.74, 6) is 3.12. The Bertz CT molecular complexity index is 1020. The van der Waals surface area contributed by atoms with Crippen LogP contribution in [0.25, 0.3) is 0 Å². The van der Waals surface area contributed by atoms with Crippen molar-refractivity contribution in [3.63, 3.8) is 0 Å². The fourth-order valence-electron chi connectivity index (χ4n) is 4.97. The van der Waals surface area contributed by atoms with Gasteiger partial charge in [-0.1, -0.05) is 42.0 Å². The first kappa shape index (κ1) is 24.9. The first-order chi connectivity index (χ1) is 16.6. The number of nitrogens with zero attached hydrogens (tertiary/aromatic N) is 5. The predicted octanol–water partition coefficient (Wildman–Crippen LogP) is 5.12. The molecule has 0 aromatic carbocycles. The fourth-order valence-corrected chi connectivity index (χ4v) is 5.88. The second kappa shape index (κ2) is 12.0. The third-order valence-electron chi connectivity index (χ3n) is 6.71. The molecular weight excluding hydrogens is 464 g/mol. The summed E-state index contributed by atoms with van der Waals surface area (Å²) < 4.78 is 0. The molecule has 0 saturated carbocycles. The van der Waals surface area contributed by atoms with E-state index in [1.165, 1.54) is 31.3 Å². The number of fused-ring (bicyclic) bond motifs is 1. The molecule has 180 valence electrons. The molecule has 1 fully saturated rings. The maximum atomic E-state index is 6.01. The van der Waals surface area contributed by atoms with Gasteiger partial charge >= 0.3 is 0 Å². The van der Waals surface area contributed by atoms with E-state index in [4.69, 9.17) is 22.3 Å². The van der Waals surface area contributed by atoms with Gasteiger partial charge in [-0.15, -0.1) is 23.4 Å². The number of alkyl halides is 1. The van der Waals surface area contributed by atoms with E-state index >= 15 is 0 Å². The van der Waals surface area contributed by atoms with Crippen LogP contribution in [0.4, 0.5) is 0 Å². The standard InChI is InChI=1S/C26H33ClN6S/c1-2-23-25(31-19-34-22(16-27)7-10-29-18-28)30-17-24(32-23)33-11-8-26(9-12-33)14-20-5-3-4-6-21(13-20)15-26/h2-7,10,13,17,20H,8-9,11-12,14-16,18-19,28H2,1H3/b22-7+,23-2+,29-10?,31-25?. The number of allylic oxidation sites excluding steroid dienone is 9. The van der Waals surface area contributed by atoms with Gasteiger partial charge in [0.05, 0.1) is 24.6 Å². The van der Waals surface area contributed by atoms with Crippen LogP contribution in [-0.4, -0.2) is 60.5 Å². The topological polar surface area (TPSA) is 78.7 Å². The number of hydrogen-bond donors (Lipinski definition) is 1. The highest BCUT2D eigenvalue weighted by Crippen LogP contribution is 2.47. The maximum Gasteiger partial charge on any atom is 0.174 e. The minimum Gasteiger partial charge on any atom is -0.355 e. The second-order valence-electron chi connectivity index (χ2n) is 8.96. The molecule has 0 aromatic rings. The lowest BCUT2D eigenvalue weighted by Gasteiger charge is -2.46. The maximum absolute atomic E-state index is 6.01. The Morgan fingerprint density at radius 2 is 2.21 bits per heavy atom. The summed E-state index contributed by atoms with van der Waals surface area (Å²) >= 11 is 7.57. The predicted molar refractivity (Wildman–Crippen MR) is 148 cm³/mol. The van der Waals surface area contributed by atoms with Crippen molar-refractivity contribution in [1.82, 2.24) is 4.90 Å². The molecule has 4 aliphatic rings. The minimum atomic E-state index is 0.268. The number of hydrogen-bond acceptors (Lipinski definition) is 6. The molecule has 2 aliphatic carbocycles. The third kappa shape index (κ3) is 6.26. The van der Waals surface area contributed by atoms with Crippen molar-refractivity contribution in [2.24, 2.45) is 37.0 Å². The van der Waals surface area contributed by atoms with Gasteiger partial charge in [-0.25, -0.2) is 9.98 Å². The van der Waals surface area contributed by atoms with Crippen molar-refractivity contribution in [3.8, 4) is 0 Å². The Labute approximate surface area is 211 Å². The summed E-state index contributed by atoms with van der Waals surface area (Å²) in [5.41, 5.74) is 8.11.